The summed E-state index contributed by atoms with van der Waals surface area (Å²) in [4.78, 5) is 38.6. The molecule has 150 valence electrons. The van der Waals surface area contributed by atoms with Crippen molar-refractivity contribution in [2.45, 2.75) is 45.3 Å². The topological polar surface area (TPSA) is 88.9 Å². The smallest absolute Gasteiger partial charge is 0.410 e. The van der Waals surface area contributed by atoms with Crippen molar-refractivity contribution >= 4 is 38.7 Å². The molecule has 1 fully saturated rings. The van der Waals surface area contributed by atoms with Crippen molar-refractivity contribution in [2.24, 2.45) is 0 Å². The second-order valence-electron chi connectivity index (χ2n) is 7.87. The highest BCUT2D eigenvalue weighted by Crippen LogP contribution is 2.19. The number of fused-ring (bicyclic) bond motifs is 1. The van der Waals surface area contributed by atoms with Gasteiger partial charge in [0.05, 0.1) is 5.39 Å². The lowest BCUT2D eigenvalue weighted by molar-refractivity contribution is 0.0185. The monoisotopic (exact) mass is 450 g/mol. The van der Waals surface area contributed by atoms with Gasteiger partial charge in [-0.3, -0.25) is 4.79 Å². The minimum atomic E-state index is -0.573. The zero-order valence-corrected chi connectivity index (χ0v) is 17.7. The molecule has 2 heterocycles. The van der Waals surface area contributed by atoms with Crippen molar-refractivity contribution < 1.29 is 18.7 Å². The maximum atomic E-state index is 12.6. The molecule has 0 saturated carbocycles. The lowest BCUT2D eigenvalue weighted by atomic mass is 10.1. The molecule has 3 rings (SSSR count). The quantitative estimate of drug-likeness (QED) is 0.753. The largest absolute Gasteiger partial charge is 0.444 e. The number of nitrogens with one attached hydrogen (secondary N) is 1. The maximum absolute atomic E-state index is 12.6. The molecule has 2 aromatic rings. The lowest BCUT2D eigenvalue weighted by Gasteiger charge is -2.34. The Hall–Kier alpha value is -2.35. The van der Waals surface area contributed by atoms with E-state index in [9.17, 15) is 14.4 Å². The van der Waals surface area contributed by atoms with E-state index in [0.717, 1.165) is 17.3 Å². The summed E-state index contributed by atoms with van der Waals surface area (Å²) in [5.41, 5.74) is -1.14. The van der Waals surface area contributed by atoms with Crippen molar-refractivity contribution in [1.82, 2.24) is 10.2 Å². The molecule has 28 heavy (non-hydrogen) atoms. The van der Waals surface area contributed by atoms with Crippen LogP contribution in [0.3, 0.4) is 0 Å². The van der Waals surface area contributed by atoms with Crippen molar-refractivity contribution in [3.8, 4) is 0 Å². The van der Waals surface area contributed by atoms with Crippen LogP contribution in [-0.4, -0.2) is 41.6 Å². The molecule has 7 nitrogen and oxygen atoms in total. The van der Waals surface area contributed by atoms with Gasteiger partial charge in [0.25, 0.3) is 5.91 Å². The number of likely N-dealkylation sites (tertiary alicyclic amines) is 1. The molecule has 1 aliphatic heterocycles. The van der Waals surface area contributed by atoms with Crippen LogP contribution in [0.2, 0.25) is 0 Å². The van der Waals surface area contributed by atoms with E-state index in [1.807, 2.05) is 20.8 Å². The highest BCUT2D eigenvalue weighted by atomic mass is 79.9. The molecular weight excluding hydrogens is 428 g/mol. The summed E-state index contributed by atoms with van der Waals surface area (Å²) in [5, 5.41) is 3.89. The van der Waals surface area contributed by atoms with Gasteiger partial charge in [-0.1, -0.05) is 22.0 Å². The van der Waals surface area contributed by atoms with E-state index in [0.29, 0.717) is 23.9 Å². The van der Waals surface area contributed by atoms with E-state index < -0.39 is 23.2 Å². The van der Waals surface area contributed by atoms with E-state index in [1.54, 1.807) is 29.2 Å². The lowest BCUT2D eigenvalue weighted by Crippen LogP contribution is -2.50. The molecule has 1 aromatic carbocycles. The van der Waals surface area contributed by atoms with Gasteiger partial charge >= 0.3 is 11.7 Å². The fraction of sp³-hybridized carbons (Fsp3) is 0.450. The summed E-state index contributed by atoms with van der Waals surface area (Å²) in [5.74, 6) is -0.521. The number of rotatable bonds is 2. The molecule has 0 aliphatic carbocycles. The first-order chi connectivity index (χ1) is 13.1. The molecule has 1 aromatic heterocycles. The highest BCUT2D eigenvalue weighted by Gasteiger charge is 2.29. The van der Waals surface area contributed by atoms with E-state index >= 15 is 0 Å². The molecule has 1 unspecified atom stereocenters. The molecule has 1 saturated heterocycles. The van der Waals surface area contributed by atoms with Crippen LogP contribution >= 0.6 is 15.9 Å². The van der Waals surface area contributed by atoms with Gasteiger partial charge < -0.3 is 19.4 Å². The Morgan fingerprint density at radius 3 is 2.75 bits per heavy atom. The number of amides is 2. The van der Waals surface area contributed by atoms with Gasteiger partial charge in [0, 0.05) is 23.6 Å². The van der Waals surface area contributed by atoms with E-state index in [4.69, 9.17) is 9.15 Å². The van der Waals surface area contributed by atoms with Gasteiger partial charge in [0.1, 0.15) is 5.60 Å². The fourth-order valence-electron chi connectivity index (χ4n) is 3.11. The van der Waals surface area contributed by atoms with E-state index in [-0.39, 0.29) is 11.8 Å². The molecule has 8 heteroatoms. The van der Waals surface area contributed by atoms with Gasteiger partial charge in [0.15, 0.2) is 5.76 Å². The van der Waals surface area contributed by atoms with Crippen molar-refractivity contribution in [1.29, 1.82) is 0 Å². The summed E-state index contributed by atoms with van der Waals surface area (Å²) in [6.07, 6.45) is 1.09. The Morgan fingerprint density at radius 1 is 1.29 bits per heavy atom. The zero-order chi connectivity index (χ0) is 20.5. The number of carbonyl (C=O) groups is 2. The molecule has 0 bridgehead atoms. The number of halogens is 1. The van der Waals surface area contributed by atoms with E-state index in [2.05, 4.69) is 21.2 Å². The average molecular weight is 451 g/mol. The first-order valence-corrected chi connectivity index (χ1v) is 9.94. The molecule has 1 atom stereocenters. The van der Waals surface area contributed by atoms with E-state index in [1.165, 1.54) is 0 Å². The molecule has 1 N–H and O–H groups in total. The normalized spacial score (nSPS) is 17.4. The number of piperidine rings is 1. The number of carbonyl (C=O) groups excluding carboxylic acids is 2. The fourth-order valence-corrected chi connectivity index (χ4v) is 3.47. The zero-order valence-electron chi connectivity index (χ0n) is 16.1. The standard InChI is InChI=1S/C20H23BrN2O5/c1-20(2,3)28-19(26)23-8-4-5-14(11-23)22-17(24)16-9-12-6-7-13(21)10-15(12)18(25)27-16/h6-7,9-10,14H,4-5,8,11H2,1-3H3,(H,22,24). The Bertz CT molecular complexity index is 963. The van der Waals surface area contributed by atoms with Crippen molar-refractivity contribution in [3.05, 3.63) is 44.9 Å². The number of hydrogen-bond acceptors (Lipinski definition) is 5. The molecule has 1 aliphatic rings. The number of hydrogen-bond donors (Lipinski definition) is 1. The molecular formula is C20H23BrN2O5. The third-order valence-electron chi connectivity index (χ3n) is 4.36. The maximum Gasteiger partial charge on any atom is 0.410 e. The van der Waals surface area contributed by atoms with Crippen LogP contribution in [-0.2, 0) is 4.74 Å². The van der Waals surface area contributed by atoms with Gasteiger partial charge in [0.2, 0.25) is 0 Å². The van der Waals surface area contributed by atoms with Gasteiger partial charge in [-0.2, -0.15) is 0 Å². The minimum Gasteiger partial charge on any atom is -0.444 e. The Kier molecular flexibility index (Phi) is 5.79. The highest BCUT2D eigenvalue weighted by molar-refractivity contribution is 9.10. The van der Waals surface area contributed by atoms with Gasteiger partial charge in [-0.15, -0.1) is 0 Å². The summed E-state index contributed by atoms with van der Waals surface area (Å²) in [6, 6.07) is 6.51. The number of ether oxygens (including phenoxy) is 1. The third kappa shape index (κ3) is 4.92. The summed E-state index contributed by atoms with van der Waals surface area (Å²) >= 11 is 3.31. The predicted octanol–water partition coefficient (Wildman–Crippen LogP) is 3.68. The van der Waals surface area contributed by atoms with Crippen molar-refractivity contribution in [2.75, 3.05) is 13.1 Å². The Morgan fingerprint density at radius 2 is 2.04 bits per heavy atom. The Balaban J connectivity index is 1.70. The Labute approximate surface area is 171 Å². The first-order valence-electron chi connectivity index (χ1n) is 9.14. The van der Waals surface area contributed by atoms with Crippen molar-refractivity contribution in [3.63, 3.8) is 0 Å². The van der Waals surface area contributed by atoms with Gasteiger partial charge in [-0.25, -0.2) is 9.59 Å². The minimum absolute atomic E-state index is 0.0470. The van der Waals surface area contributed by atoms with Crippen LogP contribution in [0.25, 0.3) is 10.8 Å². The second kappa shape index (κ2) is 7.95. The predicted molar refractivity (Wildman–Crippen MR) is 108 cm³/mol. The van der Waals surface area contributed by atoms with Crippen LogP contribution in [0.1, 0.15) is 44.2 Å². The molecule has 2 amide bonds. The third-order valence-corrected chi connectivity index (χ3v) is 4.85. The summed E-state index contributed by atoms with van der Waals surface area (Å²) in [6.45, 7) is 6.38. The molecule has 0 spiro atoms. The number of benzene rings is 1. The summed E-state index contributed by atoms with van der Waals surface area (Å²) in [7, 11) is 0. The van der Waals surface area contributed by atoms with Gasteiger partial charge in [-0.05, 0) is 57.2 Å². The first kappa shape index (κ1) is 20.4. The average Bonchev–Trinajstić information content (AvgIpc) is 2.61. The van der Waals surface area contributed by atoms with Crippen LogP contribution < -0.4 is 10.9 Å². The van der Waals surface area contributed by atoms with Crippen LogP contribution in [0, 0.1) is 0 Å². The van der Waals surface area contributed by atoms with Crippen LogP contribution in [0.5, 0.6) is 0 Å². The SMILES string of the molecule is CC(C)(C)OC(=O)N1CCCC(NC(=O)c2cc3ccc(Br)cc3c(=O)o2)C1. The summed E-state index contributed by atoms with van der Waals surface area (Å²) < 4.78 is 11.4. The second-order valence-corrected chi connectivity index (χ2v) is 8.78. The number of nitrogens with zero attached hydrogens (tertiary/aromatic N) is 1. The van der Waals surface area contributed by atoms with Crippen LogP contribution in [0.15, 0.2) is 37.9 Å². The molecule has 0 radical (unpaired) electrons. The van der Waals surface area contributed by atoms with Crippen LogP contribution in [0.4, 0.5) is 4.79 Å².